The van der Waals surface area contributed by atoms with Crippen molar-refractivity contribution in [1.82, 2.24) is 10.4 Å². The maximum Gasteiger partial charge on any atom is 0.129 e. The maximum atomic E-state index is 13.7. The number of hydrogen-bond acceptors (Lipinski definition) is 3. The van der Waals surface area contributed by atoms with Crippen molar-refractivity contribution < 1.29 is 8.78 Å². The highest BCUT2D eigenvalue weighted by Crippen LogP contribution is 2.23. The highest BCUT2D eigenvalue weighted by Gasteiger charge is 2.19. The highest BCUT2D eigenvalue weighted by atomic mass is 19.1. The molecule has 0 radical (unpaired) electrons. The first-order valence-electron chi connectivity index (χ1n) is 6.35. The van der Waals surface area contributed by atoms with E-state index in [1.165, 1.54) is 18.2 Å². The predicted molar refractivity (Wildman–Crippen MR) is 73.8 cm³/mol. The molecule has 1 aromatic carbocycles. The van der Waals surface area contributed by atoms with Crippen LogP contribution in [0.3, 0.4) is 0 Å². The smallest absolute Gasteiger partial charge is 0.129 e. The second-order valence-corrected chi connectivity index (χ2v) is 4.84. The highest BCUT2D eigenvalue weighted by molar-refractivity contribution is 5.28. The summed E-state index contributed by atoms with van der Waals surface area (Å²) in [6.07, 6.45) is 1.82. The molecule has 1 atom stereocenters. The third kappa shape index (κ3) is 3.00. The summed E-state index contributed by atoms with van der Waals surface area (Å²) < 4.78 is 27.4. The molecular formula is C15H17F2N3. The van der Waals surface area contributed by atoms with Crippen LogP contribution in [-0.4, -0.2) is 4.98 Å². The number of rotatable bonds is 4. The number of nitrogens with one attached hydrogen (secondary N) is 1. The average Bonchev–Trinajstić information content (AvgIpc) is 2.40. The van der Waals surface area contributed by atoms with Crippen molar-refractivity contribution in [2.45, 2.75) is 26.3 Å². The lowest BCUT2D eigenvalue weighted by Gasteiger charge is -2.18. The molecule has 0 saturated heterocycles. The monoisotopic (exact) mass is 277 g/mol. The number of aromatic nitrogens is 1. The third-order valence-corrected chi connectivity index (χ3v) is 3.26. The van der Waals surface area contributed by atoms with Gasteiger partial charge in [0.05, 0.1) is 11.7 Å². The topological polar surface area (TPSA) is 50.9 Å². The molecule has 0 saturated carbocycles. The largest absolute Gasteiger partial charge is 0.271 e. The molecular weight excluding hydrogens is 260 g/mol. The van der Waals surface area contributed by atoms with Crippen LogP contribution in [0.4, 0.5) is 8.78 Å². The van der Waals surface area contributed by atoms with Crippen LogP contribution >= 0.6 is 0 Å². The summed E-state index contributed by atoms with van der Waals surface area (Å²) in [5.41, 5.74) is 5.25. The van der Waals surface area contributed by atoms with Gasteiger partial charge < -0.3 is 0 Å². The molecule has 2 rings (SSSR count). The van der Waals surface area contributed by atoms with E-state index in [1.54, 1.807) is 6.20 Å². The molecule has 0 aliphatic rings. The SMILES string of the molecule is Cc1cnc(C(Cc2c(F)cccc2F)NN)c(C)c1. The fourth-order valence-corrected chi connectivity index (χ4v) is 2.26. The summed E-state index contributed by atoms with van der Waals surface area (Å²) in [7, 11) is 0. The molecule has 20 heavy (non-hydrogen) atoms. The number of pyridine rings is 1. The van der Waals surface area contributed by atoms with Crippen LogP contribution in [-0.2, 0) is 6.42 Å². The second-order valence-electron chi connectivity index (χ2n) is 4.84. The number of hydrogen-bond donors (Lipinski definition) is 2. The fraction of sp³-hybridized carbons (Fsp3) is 0.267. The van der Waals surface area contributed by atoms with Gasteiger partial charge in [0, 0.05) is 18.2 Å². The van der Waals surface area contributed by atoms with E-state index in [0.717, 1.165) is 11.1 Å². The van der Waals surface area contributed by atoms with Crippen molar-refractivity contribution in [2.24, 2.45) is 5.84 Å². The van der Waals surface area contributed by atoms with Gasteiger partial charge in [0.1, 0.15) is 11.6 Å². The molecule has 3 N–H and O–H groups in total. The normalized spacial score (nSPS) is 12.4. The molecule has 1 heterocycles. The summed E-state index contributed by atoms with van der Waals surface area (Å²) in [4.78, 5) is 4.32. The van der Waals surface area contributed by atoms with Gasteiger partial charge in [-0.3, -0.25) is 16.3 Å². The zero-order valence-electron chi connectivity index (χ0n) is 11.5. The van der Waals surface area contributed by atoms with Crippen LogP contribution in [0.1, 0.15) is 28.4 Å². The first kappa shape index (κ1) is 14.6. The van der Waals surface area contributed by atoms with Gasteiger partial charge in [-0.2, -0.15) is 0 Å². The van der Waals surface area contributed by atoms with Crippen LogP contribution < -0.4 is 11.3 Å². The molecule has 106 valence electrons. The molecule has 0 spiro atoms. The van der Waals surface area contributed by atoms with E-state index in [4.69, 9.17) is 5.84 Å². The minimum Gasteiger partial charge on any atom is -0.271 e. The van der Waals surface area contributed by atoms with Gasteiger partial charge >= 0.3 is 0 Å². The maximum absolute atomic E-state index is 13.7. The van der Waals surface area contributed by atoms with Crippen LogP contribution in [0, 0.1) is 25.5 Å². The molecule has 5 heteroatoms. The van der Waals surface area contributed by atoms with Gasteiger partial charge in [0.15, 0.2) is 0 Å². The molecule has 1 unspecified atom stereocenters. The molecule has 0 amide bonds. The summed E-state index contributed by atoms with van der Waals surface area (Å²) >= 11 is 0. The minimum absolute atomic E-state index is 0.0113. The van der Waals surface area contributed by atoms with Gasteiger partial charge in [-0.15, -0.1) is 0 Å². The first-order valence-corrected chi connectivity index (χ1v) is 6.35. The molecule has 1 aromatic heterocycles. The lowest BCUT2D eigenvalue weighted by Crippen LogP contribution is -2.31. The van der Waals surface area contributed by atoms with Crippen LogP contribution in [0.2, 0.25) is 0 Å². The Morgan fingerprint density at radius 1 is 1.25 bits per heavy atom. The zero-order valence-corrected chi connectivity index (χ0v) is 11.5. The van der Waals surface area contributed by atoms with E-state index in [1.807, 2.05) is 19.9 Å². The summed E-state index contributed by atoms with van der Waals surface area (Å²) in [5, 5.41) is 0. The average molecular weight is 277 g/mol. The molecule has 3 nitrogen and oxygen atoms in total. The Bertz CT molecular complexity index is 594. The van der Waals surface area contributed by atoms with E-state index in [9.17, 15) is 8.78 Å². The van der Waals surface area contributed by atoms with Gasteiger partial charge in [-0.05, 0) is 37.1 Å². The standard InChI is InChI=1S/C15H17F2N3/c1-9-6-10(2)15(19-8-9)14(20-18)7-11-12(16)4-3-5-13(11)17/h3-6,8,14,20H,7,18H2,1-2H3. The number of benzene rings is 1. The Balaban J connectivity index is 2.34. The van der Waals surface area contributed by atoms with Crippen molar-refractivity contribution in [3.63, 3.8) is 0 Å². The lowest BCUT2D eigenvalue weighted by atomic mass is 9.99. The molecule has 0 fully saturated rings. The van der Waals surface area contributed by atoms with E-state index in [0.29, 0.717) is 5.69 Å². The second kappa shape index (κ2) is 6.07. The third-order valence-electron chi connectivity index (χ3n) is 3.26. The van der Waals surface area contributed by atoms with Crippen LogP contribution in [0.25, 0.3) is 0 Å². The van der Waals surface area contributed by atoms with Gasteiger partial charge in [0.25, 0.3) is 0 Å². The molecule has 2 aromatic rings. The van der Waals surface area contributed by atoms with E-state index in [2.05, 4.69) is 10.4 Å². The summed E-state index contributed by atoms with van der Waals surface area (Å²) in [6, 6.07) is 5.34. The van der Waals surface area contributed by atoms with Crippen molar-refractivity contribution >= 4 is 0 Å². The van der Waals surface area contributed by atoms with Crippen molar-refractivity contribution in [3.05, 3.63) is 64.5 Å². The predicted octanol–water partition coefficient (Wildman–Crippen LogP) is 2.72. The van der Waals surface area contributed by atoms with Crippen molar-refractivity contribution in [1.29, 1.82) is 0 Å². The zero-order chi connectivity index (χ0) is 14.7. The fourth-order valence-electron chi connectivity index (χ4n) is 2.26. The Morgan fingerprint density at radius 3 is 2.45 bits per heavy atom. The molecule has 0 aliphatic carbocycles. The van der Waals surface area contributed by atoms with Crippen molar-refractivity contribution in [2.75, 3.05) is 0 Å². The number of aryl methyl sites for hydroxylation is 2. The van der Waals surface area contributed by atoms with Crippen LogP contribution in [0.5, 0.6) is 0 Å². The van der Waals surface area contributed by atoms with Gasteiger partial charge in [-0.25, -0.2) is 8.78 Å². The number of halogens is 2. The Kier molecular flexibility index (Phi) is 4.42. The lowest BCUT2D eigenvalue weighted by molar-refractivity contribution is 0.491. The van der Waals surface area contributed by atoms with Crippen LogP contribution in [0.15, 0.2) is 30.5 Å². The molecule has 0 aliphatic heterocycles. The summed E-state index contributed by atoms with van der Waals surface area (Å²) in [6.45, 7) is 3.84. The minimum atomic E-state index is -0.574. The number of nitrogens with zero attached hydrogens (tertiary/aromatic N) is 1. The number of nitrogens with two attached hydrogens (primary N) is 1. The van der Waals surface area contributed by atoms with E-state index in [-0.39, 0.29) is 12.0 Å². The van der Waals surface area contributed by atoms with Crippen molar-refractivity contribution in [3.8, 4) is 0 Å². The Labute approximate surface area is 116 Å². The quantitative estimate of drug-likeness (QED) is 0.667. The van der Waals surface area contributed by atoms with E-state index < -0.39 is 17.7 Å². The number of hydrazine groups is 1. The first-order chi connectivity index (χ1) is 9.52. The van der Waals surface area contributed by atoms with Gasteiger partial charge in [-0.1, -0.05) is 12.1 Å². The van der Waals surface area contributed by atoms with E-state index >= 15 is 0 Å². The Hall–Kier alpha value is -1.85. The molecule has 0 bridgehead atoms. The van der Waals surface area contributed by atoms with Gasteiger partial charge in [0.2, 0.25) is 0 Å². The Morgan fingerprint density at radius 2 is 1.90 bits per heavy atom. The summed E-state index contributed by atoms with van der Waals surface area (Å²) in [5.74, 6) is 4.38.